The van der Waals surface area contributed by atoms with Crippen LogP contribution in [0.15, 0.2) is 84.9 Å². The fourth-order valence-corrected chi connectivity index (χ4v) is 2.66. The lowest BCUT2D eigenvalue weighted by molar-refractivity contribution is 0.992. The van der Waals surface area contributed by atoms with Crippen LogP contribution < -0.4 is 0 Å². The summed E-state index contributed by atoms with van der Waals surface area (Å²) >= 11 is 0. The van der Waals surface area contributed by atoms with Gasteiger partial charge in [-0.25, -0.2) is 15.0 Å². The summed E-state index contributed by atoms with van der Waals surface area (Å²) in [4.78, 5) is 13.4. The summed E-state index contributed by atoms with van der Waals surface area (Å²) < 4.78 is 15.6. The number of hydrogen-bond donors (Lipinski definition) is 0. The van der Waals surface area contributed by atoms with Gasteiger partial charge in [0.1, 0.15) is 5.82 Å². The Bertz CT molecular complexity index is 1070. The first kappa shape index (κ1) is 13.0. The standard InChI is InChI=1S/C22H17N3/c1-16-23-21(19-10-6-3-7-11-19)25-22(24-16)20-14-12-18(13-15-20)17-8-4-2-5-9-17/h2-15H,1H3/i6D,7D. The molecule has 4 rings (SSSR count). The Kier molecular flexibility index (Phi) is 3.46. The quantitative estimate of drug-likeness (QED) is 0.521. The second kappa shape index (κ2) is 6.65. The number of aryl methyl sites for hydroxylation is 1. The zero-order chi connectivity index (χ0) is 18.8. The third-order valence-corrected chi connectivity index (χ3v) is 3.90. The Balaban J connectivity index is 1.73. The summed E-state index contributed by atoms with van der Waals surface area (Å²) in [7, 11) is 0. The molecule has 0 radical (unpaired) electrons. The third kappa shape index (κ3) is 3.31. The molecule has 0 saturated heterocycles. The number of rotatable bonds is 3. The molecule has 3 nitrogen and oxygen atoms in total. The van der Waals surface area contributed by atoms with Crippen molar-refractivity contribution in [3.8, 4) is 33.9 Å². The zero-order valence-corrected chi connectivity index (χ0v) is 13.8. The van der Waals surface area contributed by atoms with Gasteiger partial charge >= 0.3 is 0 Å². The maximum atomic E-state index is 7.81. The van der Waals surface area contributed by atoms with E-state index in [1.54, 1.807) is 12.1 Å². The van der Waals surface area contributed by atoms with Gasteiger partial charge in [0.15, 0.2) is 11.6 Å². The molecule has 25 heavy (non-hydrogen) atoms. The van der Waals surface area contributed by atoms with E-state index in [0.717, 1.165) is 16.7 Å². The minimum absolute atomic E-state index is 0.268. The zero-order valence-electron chi connectivity index (χ0n) is 15.8. The second-order valence-corrected chi connectivity index (χ2v) is 5.69. The van der Waals surface area contributed by atoms with Crippen molar-refractivity contribution in [3.05, 3.63) is 90.7 Å². The van der Waals surface area contributed by atoms with Crippen LogP contribution in [-0.4, -0.2) is 15.0 Å². The highest BCUT2D eigenvalue weighted by Gasteiger charge is 2.08. The first-order chi connectivity index (χ1) is 13.1. The van der Waals surface area contributed by atoms with Crippen molar-refractivity contribution in [1.29, 1.82) is 0 Å². The van der Waals surface area contributed by atoms with Gasteiger partial charge in [0, 0.05) is 11.1 Å². The predicted molar refractivity (Wildman–Crippen MR) is 101 cm³/mol. The van der Waals surface area contributed by atoms with Crippen molar-refractivity contribution in [1.82, 2.24) is 15.0 Å². The Morgan fingerprint density at radius 1 is 0.560 bits per heavy atom. The second-order valence-electron chi connectivity index (χ2n) is 5.69. The van der Waals surface area contributed by atoms with E-state index in [1.165, 1.54) is 6.07 Å². The molecule has 1 heterocycles. The maximum absolute atomic E-state index is 7.81. The van der Waals surface area contributed by atoms with Gasteiger partial charge in [-0.2, -0.15) is 0 Å². The highest BCUT2D eigenvalue weighted by atomic mass is 15.0. The van der Waals surface area contributed by atoms with Crippen LogP contribution in [0.25, 0.3) is 33.9 Å². The molecular weight excluding hydrogens is 306 g/mol. The van der Waals surface area contributed by atoms with Crippen LogP contribution in [0.4, 0.5) is 0 Å². The lowest BCUT2D eigenvalue weighted by atomic mass is 10.0. The molecule has 3 aromatic carbocycles. The smallest absolute Gasteiger partial charge is 0.163 e. The molecule has 0 aliphatic rings. The summed E-state index contributed by atoms with van der Waals surface area (Å²) in [5.74, 6) is 1.66. The maximum Gasteiger partial charge on any atom is 0.163 e. The molecule has 3 heteroatoms. The third-order valence-electron chi connectivity index (χ3n) is 3.90. The highest BCUT2D eigenvalue weighted by molar-refractivity contribution is 5.68. The monoisotopic (exact) mass is 325 g/mol. The van der Waals surface area contributed by atoms with Gasteiger partial charge in [0.05, 0.1) is 2.74 Å². The van der Waals surface area contributed by atoms with Crippen LogP contribution in [0, 0.1) is 6.92 Å². The van der Waals surface area contributed by atoms with E-state index in [0.29, 0.717) is 23.0 Å². The molecule has 0 amide bonds. The number of aromatic nitrogens is 3. The van der Waals surface area contributed by atoms with Crippen LogP contribution in [0.2, 0.25) is 0 Å². The Hall–Kier alpha value is -3.33. The number of benzene rings is 3. The molecule has 0 saturated carbocycles. The van der Waals surface area contributed by atoms with Crippen molar-refractivity contribution in [2.45, 2.75) is 6.92 Å². The lowest BCUT2D eigenvalue weighted by Crippen LogP contribution is -1.99. The molecule has 0 aliphatic heterocycles. The topological polar surface area (TPSA) is 38.7 Å². The van der Waals surface area contributed by atoms with Crippen LogP contribution in [0.3, 0.4) is 0 Å². The van der Waals surface area contributed by atoms with E-state index in [4.69, 9.17) is 2.74 Å². The van der Waals surface area contributed by atoms with Crippen molar-refractivity contribution < 1.29 is 2.74 Å². The fraction of sp³-hybridized carbons (Fsp3) is 0.0455. The molecule has 0 aliphatic carbocycles. The van der Waals surface area contributed by atoms with Crippen LogP contribution in [-0.2, 0) is 0 Å². The Morgan fingerprint density at radius 2 is 1.08 bits per heavy atom. The molecule has 0 fully saturated rings. The molecule has 120 valence electrons. The predicted octanol–water partition coefficient (Wildman–Crippen LogP) is 5.18. The highest BCUT2D eigenvalue weighted by Crippen LogP contribution is 2.24. The minimum Gasteiger partial charge on any atom is -0.213 e. The number of hydrogen-bond acceptors (Lipinski definition) is 3. The first-order valence-corrected chi connectivity index (χ1v) is 8.06. The minimum atomic E-state index is 0.268. The molecule has 4 aromatic rings. The average Bonchev–Trinajstić information content (AvgIpc) is 2.67. The van der Waals surface area contributed by atoms with Gasteiger partial charge in [0.2, 0.25) is 0 Å². The molecule has 0 unspecified atom stereocenters. The Morgan fingerprint density at radius 3 is 1.72 bits per heavy atom. The normalized spacial score (nSPS) is 11.7. The summed E-state index contributed by atoms with van der Waals surface area (Å²) in [6.07, 6.45) is 0. The molecule has 1 aromatic heterocycles. The van der Waals surface area contributed by atoms with E-state index in [1.807, 2.05) is 37.3 Å². The Labute approximate surface area is 149 Å². The molecular formula is C22H17N3. The summed E-state index contributed by atoms with van der Waals surface area (Å²) in [6, 6.07) is 23.6. The van der Waals surface area contributed by atoms with Crippen molar-refractivity contribution in [2.75, 3.05) is 0 Å². The SMILES string of the molecule is [2H]c1cc([2H])cc(-c2nc(C)nc(-c3ccc(-c4ccccc4)cc3)n2)c1. The van der Waals surface area contributed by atoms with E-state index < -0.39 is 0 Å². The van der Waals surface area contributed by atoms with E-state index in [2.05, 4.69) is 39.2 Å². The van der Waals surface area contributed by atoms with Gasteiger partial charge in [-0.1, -0.05) is 84.9 Å². The number of nitrogens with zero attached hydrogens (tertiary/aromatic N) is 3. The largest absolute Gasteiger partial charge is 0.213 e. The molecule has 0 atom stereocenters. The van der Waals surface area contributed by atoms with Crippen LogP contribution >= 0.6 is 0 Å². The molecule has 0 bridgehead atoms. The molecule has 0 N–H and O–H groups in total. The van der Waals surface area contributed by atoms with Gasteiger partial charge < -0.3 is 0 Å². The van der Waals surface area contributed by atoms with Crippen molar-refractivity contribution in [2.24, 2.45) is 0 Å². The fourth-order valence-electron chi connectivity index (χ4n) is 2.66. The van der Waals surface area contributed by atoms with Crippen LogP contribution in [0.5, 0.6) is 0 Å². The van der Waals surface area contributed by atoms with Crippen molar-refractivity contribution in [3.63, 3.8) is 0 Å². The first-order valence-electron chi connectivity index (χ1n) is 9.06. The molecule has 0 spiro atoms. The summed E-state index contributed by atoms with van der Waals surface area (Å²) in [6.45, 7) is 1.82. The van der Waals surface area contributed by atoms with Gasteiger partial charge in [0.25, 0.3) is 0 Å². The lowest BCUT2D eigenvalue weighted by Gasteiger charge is -2.07. The van der Waals surface area contributed by atoms with Gasteiger partial charge in [-0.3, -0.25) is 0 Å². The van der Waals surface area contributed by atoms with Crippen molar-refractivity contribution >= 4 is 0 Å². The summed E-state index contributed by atoms with van der Waals surface area (Å²) in [5, 5.41) is 0. The van der Waals surface area contributed by atoms with E-state index in [9.17, 15) is 0 Å². The average molecular weight is 325 g/mol. The van der Waals surface area contributed by atoms with E-state index >= 15 is 0 Å². The summed E-state index contributed by atoms with van der Waals surface area (Å²) in [5.41, 5.74) is 3.84. The van der Waals surface area contributed by atoms with Crippen LogP contribution in [0.1, 0.15) is 8.57 Å². The van der Waals surface area contributed by atoms with Gasteiger partial charge in [-0.05, 0) is 18.1 Å². The van der Waals surface area contributed by atoms with E-state index in [-0.39, 0.29) is 12.1 Å². The van der Waals surface area contributed by atoms with Gasteiger partial charge in [-0.15, -0.1) is 0 Å².